The Morgan fingerprint density at radius 3 is 2.43 bits per heavy atom. The molecule has 104 valence electrons. The molecular formula is C18H14FNS. The molecule has 0 aliphatic carbocycles. The molecule has 1 nitrogen and oxygen atoms in total. The van der Waals surface area contributed by atoms with Crippen LogP contribution in [0.4, 0.5) is 4.39 Å². The van der Waals surface area contributed by atoms with Crippen LogP contribution in [-0.2, 0) is 0 Å². The number of rotatable bonds is 2. The minimum absolute atomic E-state index is 0.265. The van der Waals surface area contributed by atoms with Crippen molar-refractivity contribution in [3.63, 3.8) is 0 Å². The van der Waals surface area contributed by atoms with Crippen molar-refractivity contribution in [1.29, 1.82) is 0 Å². The van der Waals surface area contributed by atoms with Crippen molar-refractivity contribution in [3.05, 3.63) is 88.7 Å². The number of halogens is 1. The molecule has 3 rings (SSSR count). The lowest BCUT2D eigenvalue weighted by molar-refractivity contribution is 0.625. The highest BCUT2D eigenvalue weighted by Gasteiger charge is 2.19. The number of hydrogen-bond donors (Lipinski definition) is 0. The molecule has 0 saturated carbocycles. The van der Waals surface area contributed by atoms with Gasteiger partial charge < -0.3 is 0 Å². The zero-order valence-electron chi connectivity index (χ0n) is 11.6. The Balaban J connectivity index is 2.30. The Kier molecular flexibility index (Phi) is 3.76. The number of thioether (sulfide) groups is 1. The van der Waals surface area contributed by atoms with Crippen LogP contribution in [-0.4, -0.2) is 5.71 Å². The molecule has 1 heterocycles. The number of nitrogens with zero attached hydrogens (tertiary/aromatic N) is 1. The summed E-state index contributed by atoms with van der Waals surface area (Å²) in [4.78, 5) is 6.80. The van der Waals surface area contributed by atoms with Gasteiger partial charge in [0.25, 0.3) is 0 Å². The van der Waals surface area contributed by atoms with E-state index >= 15 is 0 Å². The van der Waals surface area contributed by atoms with Gasteiger partial charge in [-0.1, -0.05) is 48.7 Å². The van der Waals surface area contributed by atoms with E-state index in [0.29, 0.717) is 11.3 Å². The fourth-order valence-electron chi connectivity index (χ4n) is 2.28. The first kappa shape index (κ1) is 13.8. The van der Waals surface area contributed by atoms with Crippen LogP contribution in [0.5, 0.6) is 0 Å². The molecule has 0 unspecified atom stereocenters. The Bertz CT molecular complexity index is 774. The molecule has 1 aliphatic rings. The van der Waals surface area contributed by atoms with Gasteiger partial charge >= 0.3 is 0 Å². The van der Waals surface area contributed by atoms with E-state index in [1.807, 2.05) is 37.3 Å². The van der Waals surface area contributed by atoms with Crippen LogP contribution in [0.1, 0.15) is 18.1 Å². The topological polar surface area (TPSA) is 12.4 Å². The molecule has 2 aromatic rings. The van der Waals surface area contributed by atoms with Crippen LogP contribution >= 0.6 is 11.8 Å². The van der Waals surface area contributed by atoms with Gasteiger partial charge in [0.1, 0.15) is 5.82 Å². The van der Waals surface area contributed by atoms with E-state index in [0.717, 1.165) is 21.1 Å². The maximum absolute atomic E-state index is 14.2. The highest BCUT2D eigenvalue weighted by molar-refractivity contribution is 8.03. The molecule has 3 heteroatoms. The first-order valence-corrected chi connectivity index (χ1v) is 7.46. The third-order valence-corrected chi connectivity index (χ3v) is 4.41. The second kappa shape index (κ2) is 5.70. The van der Waals surface area contributed by atoms with Gasteiger partial charge in [-0.3, -0.25) is 0 Å². The summed E-state index contributed by atoms with van der Waals surface area (Å²) in [5.74, 6) is -0.265. The van der Waals surface area contributed by atoms with Crippen LogP contribution in [0.2, 0.25) is 0 Å². The fourth-order valence-corrected chi connectivity index (χ4v) is 3.26. The number of aliphatic imine (C=N–C) groups is 1. The van der Waals surface area contributed by atoms with Crippen molar-refractivity contribution < 1.29 is 4.39 Å². The van der Waals surface area contributed by atoms with E-state index < -0.39 is 0 Å². The van der Waals surface area contributed by atoms with Gasteiger partial charge in [-0.15, -0.1) is 0 Å². The number of allylic oxidation sites excluding steroid dienone is 2. The molecule has 0 N–H and O–H groups in total. The average Bonchev–Trinajstić information content (AvgIpc) is 2.64. The third-order valence-electron chi connectivity index (χ3n) is 3.32. The summed E-state index contributed by atoms with van der Waals surface area (Å²) in [5.41, 5.74) is 2.90. The van der Waals surface area contributed by atoms with E-state index in [-0.39, 0.29) is 5.82 Å². The second-order valence-electron chi connectivity index (χ2n) is 4.68. The largest absolute Gasteiger partial charge is 0.247 e. The summed E-state index contributed by atoms with van der Waals surface area (Å²) < 4.78 is 14.2. The maximum atomic E-state index is 14.2. The Morgan fingerprint density at radius 2 is 1.71 bits per heavy atom. The molecular weight excluding hydrogens is 281 g/mol. The van der Waals surface area contributed by atoms with E-state index in [1.54, 1.807) is 30.0 Å². The summed E-state index contributed by atoms with van der Waals surface area (Å²) in [7, 11) is 0. The minimum Gasteiger partial charge on any atom is -0.247 e. The fraction of sp³-hybridized carbons (Fsp3) is 0.0556. The van der Waals surface area contributed by atoms with Gasteiger partial charge in [0, 0.05) is 20.9 Å². The molecule has 2 aromatic carbocycles. The summed E-state index contributed by atoms with van der Waals surface area (Å²) in [6.07, 6.45) is 1.72. The number of fused-ring (bicyclic) bond motifs is 1. The Hall–Kier alpha value is -2.13. The van der Waals surface area contributed by atoms with Crippen LogP contribution in [0, 0.1) is 5.82 Å². The molecule has 21 heavy (non-hydrogen) atoms. The van der Waals surface area contributed by atoms with Crippen molar-refractivity contribution >= 4 is 17.5 Å². The molecule has 0 saturated heterocycles. The Morgan fingerprint density at radius 1 is 1.05 bits per heavy atom. The normalized spacial score (nSPS) is 14.3. The zero-order chi connectivity index (χ0) is 14.8. The highest BCUT2D eigenvalue weighted by atomic mass is 32.2. The zero-order valence-corrected chi connectivity index (χ0v) is 12.5. The standard InChI is InChI=1S/C18H14FNS/c1-3-16-12(2)21-17-11-7-5-9-14(17)18(20-16)13-8-4-6-10-15(13)19/h3-11H,1H2,2H3. The third kappa shape index (κ3) is 2.57. The van der Waals surface area contributed by atoms with Gasteiger partial charge in [0.2, 0.25) is 0 Å². The summed E-state index contributed by atoms with van der Waals surface area (Å²) >= 11 is 1.64. The van der Waals surface area contributed by atoms with Crippen molar-refractivity contribution in [2.45, 2.75) is 11.8 Å². The van der Waals surface area contributed by atoms with E-state index in [4.69, 9.17) is 0 Å². The van der Waals surface area contributed by atoms with Crippen molar-refractivity contribution in [1.82, 2.24) is 0 Å². The molecule has 0 radical (unpaired) electrons. The smallest absolute Gasteiger partial charge is 0.132 e. The van der Waals surface area contributed by atoms with Gasteiger partial charge in [-0.05, 0) is 31.2 Å². The van der Waals surface area contributed by atoms with Gasteiger partial charge in [-0.2, -0.15) is 0 Å². The van der Waals surface area contributed by atoms with Crippen LogP contribution in [0.25, 0.3) is 0 Å². The lowest BCUT2D eigenvalue weighted by Gasteiger charge is -2.10. The van der Waals surface area contributed by atoms with Gasteiger partial charge in [0.05, 0.1) is 11.4 Å². The maximum Gasteiger partial charge on any atom is 0.132 e. The van der Waals surface area contributed by atoms with Crippen molar-refractivity contribution in [3.8, 4) is 0 Å². The second-order valence-corrected chi connectivity index (χ2v) is 5.94. The summed E-state index contributed by atoms with van der Waals surface area (Å²) in [6.45, 7) is 5.82. The molecule has 0 aromatic heterocycles. The minimum atomic E-state index is -0.265. The molecule has 1 aliphatic heterocycles. The van der Waals surface area contributed by atoms with Gasteiger partial charge in [-0.25, -0.2) is 9.38 Å². The van der Waals surface area contributed by atoms with E-state index in [1.165, 1.54) is 6.07 Å². The van der Waals surface area contributed by atoms with Crippen LogP contribution in [0.15, 0.2) is 81.7 Å². The predicted octanol–water partition coefficient (Wildman–Crippen LogP) is 5.19. The SMILES string of the molecule is C=CC1=C(C)Sc2ccccc2C(c2ccccc2F)=N1. The van der Waals surface area contributed by atoms with Crippen LogP contribution in [0.3, 0.4) is 0 Å². The van der Waals surface area contributed by atoms with E-state index in [9.17, 15) is 4.39 Å². The van der Waals surface area contributed by atoms with Gasteiger partial charge in [0.15, 0.2) is 0 Å². The van der Waals surface area contributed by atoms with Crippen molar-refractivity contribution in [2.24, 2.45) is 4.99 Å². The van der Waals surface area contributed by atoms with Crippen LogP contribution < -0.4 is 0 Å². The molecule has 0 fully saturated rings. The summed E-state index contributed by atoms with van der Waals surface area (Å²) in [6, 6.07) is 14.7. The summed E-state index contributed by atoms with van der Waals surface area (Å²) in [5, 5.41) is 0. The number of benzene rings is 2. The lowest BCUT2D eigenvalue weighted by atomic mass is 10.0. The first-order chi connectivity index (χ1) is 10.2. The van der Waals surface area contributed by atoms with E-state index in [2.05, 4.69) is 11.6 Å². The quantitative estimate of drug-likeness (QED) is 0.743. The molecule has 0 atom stereocenters. The molecule has 0 bridgehead atoms. The van der Waals surface area contributed by atoms with Crippen molar-refractivity contribution in [2.75, 3.05) is 0 Å². The monoisotopic (exact) mass is 295 g/mol. The highest BCUT2D eigenvalue weighted by Crippen LogP contribution is 2.36. The Labute approximate surface area is 127 Å². The first-order valence-electron chi connectivity index (χ1n) is 6.65. The average molecular weight is 295 g/mol. The lowest BCUT2D eigenvalue weighted by Crippen LogP contribution is -2.07. The predicted molar refractivity (Wildman–Crippen MR) is 87.2 cm³/mol. The number of hydrogen-bond acceptors (Lipinski definition) is 2. The molecule has 0 spiro atoms. The molecule has 0 amide bonds.